The molecule has 2 aromatic carbocycles. The van der Waals surface area contributed by atoms with Crippen molar-refractivity contribution in [2.75, 3.05) is 0 Å². The maximum absolute atomic E-state index is 12.5. The molecule has 0 saturated heterocycles. The average molecular weight is 346 g/mol. The van der Waals surface area contributed by atoms with Crippen LogP contribution in [-0.4, -0.2) is 14.2 Å². The molecule has 124 valence electrons. The first-order chi connectivity index (χ1) is 11.8. The Kier molecular flexibility index (Phi) is 3.92. The molecule has 1 heterocycles. The van der Waals surface area contributed by atoms with Gasteiger partial charge in [0.1, 0.15) is 5.75 Å². The predicted molar refractivity (Wildman–Crippen MR) is 86.6 cm³/mol. The summed E-state index contributed by atoms with van der Waals surface area (Å²) in [5, 5.41) is 0. The van der Waals surface area contributed by atoms with E-state index >= 15 is 0 Å². The molecular formula is C17H15NO5S. The van der Waals surface area contributed by atoms with Crippen molar-refractivity contribution in [3.8, 4) is 0 Å². The standard InChI is InChI=1S/C17H15NO5S/c18-17-16(14(19)15(22-17)13-9-5-2-6-10-13)23-24(20,21)11-12-7-3-1-4-8-12/h1-10,15H,11,18H2/t15-/m1/s1/i15D. The van der Waals surface area contributed by atoms with Crippen molar-refractivity contribution in [3.63, 3.8) is 0 Å². The number of ketones is 1. The van der Waals surface area contributed by atoms with Crippen LogP contribution < -0.4 is 5.73 Å². The molecule has 1 atom stereocenters. The van der Waals surface area contributed by atoms with Gasteiger partial charge in [-0.05, 0) is 5.56 Å². The van der Waals surface area contributed by atoms with E-state index in [2.05, 4.69) is 0 Å². The van der Waals surface area contributed by atoms with Gasteiger partial charge in [0.05, 0.1) is 1.37 Å². The van der Waals surface area contributed by atoms with Crippen LogP contribution in [0.1, 0.15) is 18.6 Å². The fourth-order valence-corrected chi connectivity index (χ4v) is 3.28. The van der Waals surface area contributed by atoms with Gasteiger partial charge in [-0.15, -0.1) is 0 Å². The van der Waals surface area contributed by atoms with E-state index in [4.69, 9.17) is 16.0 Å². The molecule has 0 aliphatic carbocycles. The number of carbonyl (C=O) groups excluding carboxylic acids is 1. The maximum Gasteiger partial charge on any atom is 0.313 e. The lowest BCUT2D eigenvalue weighted by molar-refractivity contribution is -0.123. The van der Waals surface area contributed by atoms with Gasteiger partial charge in [0, 0.05) is 5.56 Å². The van der Waals surface area contributed by atoms with Crippen LogP contribution in [0, 0.1) is 0 Å². The highest BCUT2D eigenvalue weighted by atomic mass is 32.2. The van der Waals surface area contributed by atoms with Crippen LogP contribution in [0.15, 0.2) is 72.3 Å². The molecule has 0 aromatic heterocycles. The van der Waals surface area contributed by atoms with Crippen LogP contribution in [0.4, 0.5) is 0 Å². The minimum atomic E-state index is -4.14. The molecule has 1 aliphatic heterocycles. The Morgan fingerprint density at radius 3 is 2.29 bits per heavy atom. The zero-order valence-corrected chi connectivity index (χ0v) is 13.3. The van der Waals surface area contributed by atoms with E-state index < -0.39 is 39.4 Å². The summed E-state index contributed by atoms with van der Waals surface area (Å²) in [7, 11) is -4.14. The molecule has 6 nitrogen and oxygen atoms in total. The van der Waals surface area contributed by atoms with Gasteiger partial charge in [-0.1, -0.05) is 60.7 Å². The van der Waals surface area contributed by atoms with Crippen LogP contribution in [-0.2, 0) is 29.6 Å². The third-order valence-electron chi connectivity index (χ3n) is 3.28. The van der Waals surface area contributed by atoms with Gasteiger partial charge in [-0.2, -0.15) is 8.42 Å². The third-order valence-corrected chi connectivity index (χ3v) is 4.39. The average Bonchev–Trinajstić information content (AvgIpc) is 2.80. The lowest BCUT2D eigenvalue weighted by Gasteiger charge is -2.09. The first-order valence-corrected chi connectivity index (χ1v) is 8.65. The van der Waals surface area contributed by atoms with Crippen molar-refractivity contribution in [2.45, 2.75) is 11.8 Å². The minimum absolute atomic E-state index is 0.224. The highest BCUT2D eigenvalue weighted by Gasteiger charge is 2.39. The van der Waals surface area contributed by atoms with Gasteiger partial charge in [0.25, 0.3) is 0 Å². The molecule has 7 heteroatoms. The van der Waals surface area contributed by atoms with Gasteiger partial charge in [-0.3, -0.25) is 4.79 Å². The van der Waals surface area contributed by atoms with Crippen LogP contribution in [0.5, 0.6) is 0 Å². The summed E-state index contributed by atoms with van der Waals surface area (Å²) < 4.78 is 42.7. The topological polar surface area (TPSA) is 95.7 Å². The fraction of sp³-hybridized carbons (Fsp3) is 0.118. The van der Waals surface area contributed by atoms with E-state index in [0.29, 0.717) is 5.56 Å². The summed E-state index contributed by atoms with van der Waals surface area (Å²) >= 11 is 0. The van der Waals surface area contributed by atoms with Crippen molar-refractivity contribution < 1.29 is 23.5 Å². The maximum atomic E-state index is 12.5. The summed E-state index contributed by atoms with van der Waals surface area (Å²) in [6, 6.07) is 16.4. The molecule has 1 aliphatic rings. The summed E-state index contributed by atoms with van der Waals surface area (Å²) in [5.74, 6) is -2.60. The van der Waals surface area contributed by atoms with Crippen LogP contribution in [0.25, 0.3) is 0 Å². The van der Waals surface area contributed by atoms with Crippen LogP contribution >= 0.6 is 0 Å². The zero-order valence-electron chi connectivity index (χ0n) is 13.5. The second-order valence-corrected chi connectivity index (χ2v) is 6.66. The lowest BCUT2D eigenvalue weighted by atomic mass is 10.1. The van der Waals surface area contributed by atoms with Crippen molar-refractivity contribution in [1.29, 1.82) is 0 Å². The Bertz CT molecular complexity index is 928. The quantitative estimate of drug-likeness (QED) is 0.832. The normalized spacial score (nSPS) is 21.3. The van der Waals surface area contributed by atoms with Gasteiger partial charge in [0.15, 0.2) is 6.08 Å². The highest BCUT2D eigenvalue weighted by molar-refractivity contribution is 7.86. The van der Waals surface area contributed by atoms with Crippen molar-refractivity contribution in [3.05, 3.63) is 83.4 Å². The number of hydrogen-bond acceptors (Lipinski definition) is 6. The van der Waals surface area contributed by atoms with Crippen molar-refractivity contribution in [1.82, 2.24) is 0 Å². The summed E-state index contributed by atoms with van der Waals surface area (Å²) in [6.07, 6.45) is -2.16. The van der Waals surface area contributed by atoms with Gasteiger partial charge < -0.3 is 14.7 Å². The number of ether oxygens (including phenoxy) is 1. The van der Waals surface area contributed by atoms with E-state index in [1.54, 1.807) is 48.5 Å². The first-order valence-electron chi connectivity index (χ1n) is 7.57. The highest BCUT2D eigenvalue weighted by Crippen LogP contribution is 2.32. The molecule has 24 heavy (non-hydrogen) atoms. The number of carbonyl (C=O) groups is 1. The smallest absolute Gasteiger partial charge is 0.313 e. The molecule has 3 rings (SSSR count). The molecule has 0 unspecified atom stereocenters. The summed E-state index contributed by atoms with van der Waals surface area (Å²) in [4.78, 5) is 12.5. The van der Waals surface area contributed by atoms with E-state index in [0.717, 1.165) is 0 Å². The van der Waals surface area contributed by atoms with Crippen molar-refractivity contribution >= 4 is 15.9 Å². The summed E-state index contributed by atoms with van der Waals surface area (Å²) in [6.45, 7) is 0. The Morgan fingerprint density at radius 1 is 1.08 bits per heavy atom. The molecule has 2 aromatic rings. The number of Topliss-reactive ketones (excluding diaryl/α,β-unsaturated/α-hetero) is 1. The number of rotatable bonds is 5. The van der Waals surface area contributed by atoms with E-state index in [1.807, 2.05) is 0 Å². The van der Waals surface area contributed by atoms with E-state index in [1.165, 1.54) is 12.1 Å². The van der Waals surface area contributed by atoms with Gasteiger partial charge in [0.2, 0.25) is 17.4 Å². The second kappa shape index (κ2) is 6.37. The van der Waals surface area contributed by atoms with Gasteiger partial charge >= 0.3 is 10.1 Å². The van der Waals surface area contributed by atoms with Gasteiger partial charge in [-0.25, -0.2) is 0 Å². The summed E-state index contributed by atoms with van der Waals surface area (Å²) in [5.41, 5.74) is 6.33. The molecule has 0 amide bonds. The predicted octanol–water partition coefficient (Wildman–Crippen LogP) is 2.00. The fourth-order valence-electron chi connectivity index (χ4n) is 2.21. The largest absolute Gasteiger partial charge is 0.460 e. The van der Waals surface area contributed by atoms with E-state index in [-0.39, 0.29) is 5.56 Å². The molecule has 0 saturated carbocycles. The molecule has 0 fully saturated rings. The van der Waals surface area contributed by atoms with Crippen LogP contribution in [0.2, 0.25) is 0 Å². The molecule has 0 bridgehead atoms. The molecule has 0 radical (unpaired) electrons. The monoisotopic (exact) mass is 346 g/mol. The number of hydrogen-bond donors (Lipinski definition) is 1. The number of nitrogens with two attached hydrogens (primary N) is 1. The third kappa shape index (κ3) is 3.41. The Balaban J connectivity index is 1.83. The molecule has 0 spiro atoms. The van der Waals surface area contributed by atoms with E-state index in [9.17, 15) is 13.2 Å². The minimum Gasteiger partial charge on any atom is -0.460 e. The molecule has 2 N–H and O–H groups in total. The second-order valence-electron chi connectivity index (χ2n) is 5.09. The zero-order chi connectivity index (χ0) is 18.1. The van der Waals surface area contributed by atoms with Crippen molar-refractivity contribution in [2.24, 2.45) is 5.73 Å². The lowest BCUT2D eigenvalue weighted by Crippen LogP contribution is -2.16. The first kappa shape index (κ1) is 14.8. The SMILES string of the molecule is [2H][C@]1(c2ccccc2)OC(N)=C(OS(=O)(=O)Cc2ccccc2)C1=O. The Morgan fingerprint density at radius 2 is 1.67 bits per heavy atom. The Labute approximate surface area is 141 Å². The number of benzene rings is 2. The van der Waals surface area contributed by atoms with Crippen LogP contribution in [0.3, 0.4) is 0 Å². The Hall–Kier alpha value is -2.80. The molecular weight excluding hydrogens is 330 g/mol.